The molecule has 1 aromatic carbocycles. The van der Waals surface area contributed by atoms with E-state index in [4.69, 9.17) is 25.1 Å². The van der Waals surface area contributed by atoms with Crippen molar-refractivity contribution in [2.24, 2.45) is 0 Å². The van der Waals surface area contributed by atoms with Crippen molar-refractivity contribution in [2.75, 3.05) is 55.8 Å². The van der Waals surface area contributed by atoms with Crippen LogP contribution in [-0.2, 0) is 10.2 Å². The normalized spacial score (nSPS) is 17.6. The van der Waals surface area contributed by atoms with E-state index in [1.54, 1.807) is 0 Å². The third kappa shape index (κ3) is 7.30. The highest BCUT2D eigenvalue weighted by Gasteiger charge is 2.22. The number of benzene rings is 1. The molecule has 5 N–H and O–H groups in total. The van der Waals surface area contributed by atoms with Crippen molar-refractivity contribution in [3.05, 3.63) is 77.5 Å². The first-order chi connectivity index (χ1) is 19.8. The van der Waals surface area contributed by atoms with Gasteiger partial charge in [-0.1, -0.05) is 32.0 Å². The van der Waals surface area contributed by atoms with Crippen molar-refractivity contribution in [1.29, 1.82) is 5.41 Å². The summed E-state index contributed by atoms with van der Waals surface area (Å²) in [7, 11) is 0. The van der Waals surface area contributed by atoms with Gasteiger partial charge in [0.2, 0.25) is 0 Å². The van der Waals surface area contributed by atoms with E-state index in [0.29, 0.717) is 29.4 Å². The molecular formula is C30H38N8O3. The maximum atomic E-state index is 8.93. The number of rotatable bonds is 10. The van der Waals surface area contributed by atoms with Gasteiger partial charge in [0.25, 0.3) is 0 Å². The predicted molar refractivity (Wildman–Crippen MR) is 160 cm³/mol. The number of aromatic nitrogens is 3. The van der Waals surface area contributed by atoms with E-state index >= 15 is 0 Å². The van der Waals surface area contributed by atoms with E-state index in [1.807, 2.05) is 36.4 Å². The molecule has 0 bridgehead atoms. The fourth-order valence-corrected chi connectivity index (χ4v) is 4.61. The number of morpholine rings is 1. The lowest BCUT2D eigenvalue weighted by Crippen LogP contribution is -2.38. The minimum absolute atomic E-state index is 0.0837. The second-order valence-electron chi connectivity index (χ2n) is 11.1. The molecule has 1 aliphatic heterocycles. The van der Waals surface area contributed by atoms with Crippen LogP contribution in [-0.4, -0.2) is 71.2 Å². The lowest BCUT2D eigenvalue weighted by molar-refractivity contribution is 0.0322. The summed E-state index contributed by atoms with van der Waals surface area (Å²) < 4.78 is 16.8. The molecule has 1 unspecified atom stereocenters. The molecule has 1 atom stereocenters. The molecular weight excluding hydrogens is 520 g/mol. The van der Waals surface area contributed by atoms with Crippen LogP contribution in [0.2, 0.25) is 0 Å². The molecule has 1 fully saturated rings. The molecule has 11 heteroatoms. The predicted octanol–water partition coefficient (Wildman–Crippen LogP) is 4.21. The van der Waals surface area contributed by atoms with E-state index in [1.165, 1.54) is 6.33 Å². The Morgan fingerprint density at radius 1 is 1.17 bits per heavy atom. The van der Waals surface area contributed by atoms with Gasteiger partial charge in [-0.2, -0.15) is 0 Å². The van der Waals surface area contributed by atoms with Crippen molar-refractivity contribution >= 4 is 23.2 Å². The lowest BCUT2D eigenvalue weighted by Gasteiger charge is -2.26. The van der Waals surface area contributed by atoms with Gasteiger partial charge >= 0.3 is 0 Å². The van der Waals surface area contributed by atoms with Crippen LogP contribution >= 0.6 is 0 Å². The summed E-state index contributed by atoms with van der Waals surface area (Å²) in [5.41, 5.74) is 8.40. The summed E-state index contributed by atoms with van der Waals surface area (Å²) in [6, 6.07) is 9.29. The van der Waals surface area contributed by atoms with Gasteiger partial charge in [-0.15, -0.1) is 0 Å². The molecule has 3 aromatic rings. The maximum Gasteiger partial charge on any atom is 0.174 e. The van der Waals surface area contributed by atoms with Crippen LogP contribution in [0.4, 0.5) is 17.5 Å². The molecule has 3 heterocycles. The largest absolute Gasteiger partial charge is 0.492 e. The van der Waals surface area contributed by atoms with Crippen LogP contribution in [0.1, 0.15) is 44.1 Å². The van der Waals surface area contributed by atoms with E-state index in [2.05, 4.69) is 63.6 Å². The van der Waals surface area contributed by atoms with Crippen LogP contribution in [0.25, 0.3) is 0 Å². The zero-order chi connectivity index (χ0) is 28.8. The van der Waals surface area contributed by atoms with Crippen molar-refractivity contribution in [3.63, 3.8) is 0 Å². The minimum atomic E-state index is -0.127. The molecule has 0 saturated carbocycles. The van der Waals surface area contributed by atoms with E-state index in [-0.39, 0.29) is 23.0 Å². The maximum absolute atomic E-state index is 8.93. The van der Waals surface area contributed by atoms with Crippen LogP contribution in [0.5, 0.6) is 5.75 Å². The first kappa shape index (κ1) is 28.3. The third-order valence-electron chi connectivity index (χ3n) is 6.96. The molecule has 11 nitrogen and oxygen atoms in total. The topological polar surface area (TPSA) is 147 Å². The number of hydrogen-bond donors (Lipinski definition) is 4. The summed E-state index contributed by atoms with van der Waals surface area (Å²) in [6.45, 7) is 11.1. The average Bonchev–Trinajstić information content (AvgIpc) is 3.43. The van der Waals surface area contributed by atoms with Crippen LogP contribution in [0.3, 0.4) is 0 Å². The van der Waals surface area contributed by atoms with E-state index in [9.17, 15) is 0 Å². The number of ether oxygens (including phenoxy) is 2. The average molecular weight is 559 g/mol. The molecule has 0 spiro atoms. The summed E-state index contributed by atoms with van der Waals surface area (Å²) in [5.74, 6) is 2.95. The Morgan fingerprint density at radius 2 is 1.95 bits per heavy atom. The standard InChI is InChI=1S/C30H38N8O3/c1-30(2,3)24-18-25(37-41-24)35-21-5-4-6-22(17-21)36-29-26(28(32)33-19-34-29)27(31)20-7-9-23(10-8-20)40-16-13-38-11-14-39-15-12-38/h4-5,7-10,17-19,22,31H,6,11-16H2,1-3H3,(H,35,37)(H3,32,33,34,36). The minimum Gasteiger partial charge on any atom is -0.492 e. The molecule has 5 rings (SSSR count). The molecule has 1 saturated heterocycles. The number of nitrogen functional groups attached to an aromatic ring is 1. The fraction of sp³-hybridized carbons (Fsp3) is 0.400. The highest BCUT2D eigenvalue weighted by molar-refractivity contribution is 6.16. The Morgan fingerprint density at radius 3 is 2.68 bits per heavy atom. The van der Waals surface area contributed by atoms with Gasteiger partial charge in [-0.05, 0) is 42.8 Å². The molecule has 0 radical (unpaired) electrons. The number of nitrogens with two attached hydrogens (primary N) is 1. The van der Waals surface area contributed by atoms with Crippen molar-refractivity contribution in [1.82, 2.24) is 20.0 Å². The van der Waals surface area contributed by atoms with Gasteiger partial charge in [-0.3, -0.25) is 10.3 Å². The zero-order valence-electron chi connectivity index (χ0n) is 23.8. The van der Waals surface area contributed by atoms with Gasteiger partial charge in [0, 0.05) is 42.4 Å². The molecule has 0 amide bonds. The molecule has 216 valence electrons. The summed E-state index contributed by atoms with van der Waals surface area (Å²) >= 11 is 0. The smallest absolute Gasteiger partial charge is 0.174 e. The quantitative estimate of drug-likeness (QED) is 0.267. The van der Waals surface area contributed by atoms with Gasteiger partial charge in [0.15, 0.2) is 5.82 Å². The van der Waals surface area contributed by atoms with Crippen molar-refractivity contribution in [2.45, 2.75) is 38.6 Å². The Bertz CT molecular complexity index is 1400. The fourth-order valence-electron chi connectivity index (χ4n) is 4.61. The zero-order valence-corrected chi connectivity index (χ0v) is 23.8. The highest BCUT2D eigenvalue weighted by atomic mass is 16.5. The number of hydrogen-bond acceptors (Lipinski definition) is 11. The second kappa shape index (κ2) is 12.5. The van der Waals surface area contributed by atoms with Crippen LogP contribution in [0.15, 0.2) is 65.1 Å². The van der Waals surface area contributed by atoms with Gasteiger partial charge in [0.05, 0.1) is 30.5 Å². The monoisotopic (exact) mass is 558 g/mol. The Balaban J connectivity index is 1.24. The van der Waals surface area contributed by atoms with E-state index < -0.39 is 0 Å². The summed E-state index contributed by atoms with van der Waals surface area (Å²) in [5, 5.41) is 19.8. The Labute approximate surface area is 240 Å². The molecule has 1 aliphatic carbocycles. The van der Waals surface area contributed by atoms with Crippen LogP contribution in [0, 0.1) is 5.41 Å². The second-order valence-corrected chi connectivity index (χ2v) is 11.1. The summed E-state index contributed by atoms with van der Waals surface area (Å²) in [4.78, 5) is 10.9. The van der Waals surface area contributed by atoms with Crippen molar-refractivity contribution < 1.29 is 14.0 Å². The number of anilines is 3. The van der Waals surface area contributed by atoms with Crippen LogP contribution < -0.4 is 21.1 Å². The SMILES string of the molecule is CC(C)(C)c1cc(NC2=CC(Nc3ncnc(N)c3C(=N)c3ccc(OCCN4CCOCC4)cc3)CC=C2)no1. The number of nitrogens with zero attached hydrogens (tertiary/aromatic N) is 4. The highest BCUT2D eigenvalue weighted by Crippen LogP contribution is 2.27. The van der Waals surface area contributed by atoms with Crippen molar-refractivity contribution in [3.8, 4) is 5.75 Å². The number of allylic oxidation sites excluding steroid dienone is 1. The van der Waals surface area contributed by atoms with Gasteiger partial charge in [0.1, 0.15) is 36.1 Å². The summed E-state index contributed by atoms with van der Waals surface area (Å²) in [6.07, 6.45) is 8.28. The van der Waals surface area contributed by atoms with Gasteiger partial charge < -0.3 is 30.4 Å². The first-order valence-corrected chi connectivity index (χ1v) is 13.9. The first-order valence-electron chi connectivity index (χ1n) is 13.9. The number of nitrogens with one attached hydrogen (secondary N) is 3. The third-order valence-corrected chi connectivity index (χ3v) is 6.96. The lowest BCUT2D eigenvalue weighted by atomic mass is 9.93. The Kier molecular flexibility index (Phi) is 8.65. The van der Waals surface area contributed by atoms with E-state index in [0.717, 1.165) is 56.5 Å². The molecule has 2 aliphatic rings. The van der Waals surface area contributed by atoms with Gasteiger partial charge in [-0.25, -0.2) is 9.97 Å². The Hall–Kier alpha value is -4.22. The molecule has 2 aromatic heterocycles. The molecule has 41 heavy (non-hydrogen) atoms.